The van der Waals surface area contributed by atoms with Gasteiger partial charge in [-0.1, -0.05) is 0 Å². The second-order valence-corrected chi connectivity index (χ2v) is 4.15. The largest absolute Gasteiger partial charge is 0.379 e. The van der Waals surface area contributed by atoms with Crippen LogP contribution in [0.2, 0.25) is 0 Å². The molecule has 0 aromatic carbocycles. The lowest BCUT2D eigenvalue weighted by Gasteiger charge is -2.30. The van der Waals surface area contributed by atoms with Crippen molar-refractivity contribution in [3.8, 4) is 6.07 Å². The minimum atomic E-state index is 0.357. The lowest BCUT2D eigenvalue weighted by atomic mass is 10.2. The van der Waals surface area contributed by atoms with Gasteiger partial charge in [-0.25, -0.2) is 0 Å². The fourth-order valence-electron chi connectivity index (χ4n) is 1.63. The van der Waals surface area contributed by atoms with Crippen molar-refractivity contribution in [3.05, 3.63) is 0 Å². The molecule has 0 saturated carbocycles. The molecule has 0 amide bonds. The summed E-state index contributed by atoms with van der Waals surface area (Å²) in [5.74, 6) is 0. The molecule has 0 aliphatic carbocycles. The van der Waals surface area contributed by atoms with Crippen LogP contribution in [0.3, 0.4) is 0 Å². The standard InChI is InChI=1S/C11H21N3O/c1-11(3-4-12)13(2)5-6-14-7-9-15-10-8-14/h11H,3,5-10H2,1-2H3. The van der Waals surface area contributed by atoms with Crippen molar-refractivity contribution in [2.45, 2.75) is 19.4 Å². The van der Waals surface area contributed by atoms with Gasteiger partial charge < -0.3 is 9.64 Å². The van der Waals surface area contributed by atoms with Gasteiger partial charge in [-0.05, 0) is 14.0 Å². The lowest BCUT2D eigenvalue weighted by Crippen LogP contribution is -2.42. The summed E-state index contributed by atoms with van der Waals surface area (Å²) in [6.45, 7) is 8.01. The monoisotopic (exact) mass is 211 g/mol. The summed E-state index contributed by atoms with van der Waals surface area (Å²) in [5.41, 5.74) is 0. The smallest absolute Gasteiger partial charge is 0.0638 e. The zero-order chi connectivity index (χ0) is 11.1. The van der Waals surface area contributed by atoms with E-state index in [0.717, 1.165) is 39.4 Å². The summed E-state index contributed by atoms with van der Waals surface area (Å²) in [7, 11) is 2.09. The molecule has 1 atom stereocenters. The van der Waals surface area contributed by atoms with E-state index in [1.54, 1.807) is 0 Å². The molecule has 1 fully saturated rings. The molecule has 0 aromatic rings. The third-order valence-electron chi connectivity index (χ3n) is 3.01. The van der Waals surface area contributed by atoms with Crippen LogP contribution in [0.5, 0.6) is 0 Å². The minimum absolute atomic E-state index is 0.357. The Morgan fingerprint density at radius 2 is 2.13 bits per heavy atom. The fraction of sp³-hybridized carbons (Fsp3) is 0.909. The normalized spacial score (nSPS) is 20.1. The van der Waals surface area contributed by atoms with Crippen LogP contribution in [0, 0.1) is 11.3 Å². The van der Waals surface area contributed by atoms with E-state index < -0.39 is 0 Å². The van der Waals surface area contributed by atoms with Crippen molar-refractivity contribution < 1.29 is 4.74 Å². The predicted octanol–water partition coefficient (Wildman–Crippen LogP) is 0.553. The van der Waals surface area contributed by atoms with Gasteiger partial charge >= 0.3 is 0 Å². The van der Waals surface area contributed by atoms with Crippen molar-refractivity contribution in [1.82, 2.24) is 9.80 Å². The molecule has 0 N–H and O–H groups in total. The number of likely N-dealkylation sites (N-methyl/N-ethyl adjacent to an activating group) is 1. The van der Waals surface area contributed by atoms with E-state index in [0.29, 0.717) is 12.5 Å². The molecule has 15 heavy (non-hydrogen) atoms. The summed E-state index contributed by atoms with van der Waals surface area (Å²) < 4.78 is 5.29. The molecule has 1 saturated heterocycles. The quantitative estimate of drug-likeness (QED) is 0.666. The average Bonchev–Trinajstić information content (AvgIpc) is 2.27. The van der Waals surface area contributed by atoms with Crippen LogP contribution in [0.25, 0.3) is 0 Å². The number of rotatable bonds is 5. The number of ether oxygens (including phenoxy) is 1. The maximum absolute atomic E-state index is 8.60. The Balaban J connectivity index is 2.15. The van der Waals surface area contributed by atoms with Gasteiger partial charge in [0.25, 0.3) is 0 Å². The molecule has 0 aromatic heterocycles. The highest BCUT2D eigenvalue weighted by atomic mass is 16.5. The third kappa shape index (κ3) is 4.61. The topological polar surface area (TPSA) is 39.5 Å². The maximum Gasteiger partial charge on any atom is 0.0638 e. The first-order valence-electron chi connectivity index (χ1n) is 5.61. The van der Waals surface area contributed by atoms with Crippen LogP contribution >= 0.6 is 0 Å². The minimum Gasteiger partial charge on any atom is -0.379 e. The lowest BCUT2D eigenvalue weighted by molar-refractivity contribution is 0.0330. The van der Waals surface area contributed by atoms with Crippen molar-refractivity contribution in [2.24, 2.45) is 0 Å². The Morgan fingerprint density at radius 1 is 1.47 bits per heavy atom. The van der Waals surface area contributed by atoms with Crippen LogP contribution in [-0.2, 0) is 4.74 Å². The van der Waals surface area contributed by atoms with Gasteiger partial charge in [-0.15, -0.1) is 0 Å². The molecule has 1 unspecified atom stereocenters. The Labute approximate surface area is 92.4 Å². The summed E-state index contributed by atoms with van der Waals surface area (Å²) in [6.07, 6.45) is 0.611. The highest BCUT2D eigenvalue weighted by Gasteiger charge is 2.13. The molecule has 1 rings (SSSR count). The van der Waals surface area contributed by atoms with Crippen LogP contribution in [0.15, 0.2) is 0 Å². The number of hydrogen-bond donors (Lipinski definition) is 0. The van der Waals surface area contributed by atoms with Gasteiger partial charge in [-0.2, -0.15) is 5.26 Å². The molecular weight excluding hydrogens is 190 g/mol. The maximum atomic E-state index is 8.60. The van der Waals surface area contributed by atoms with Gasteiger partial charge in [0.15, 0.2) is 0 Å². The molecule has 0 bridgehead atoms. The van der Waals surface area contributed by atoms with Crippen molar-refractivity contribution in [2.75, 3.05) is 46.4 Å². The number of morpholine rings is 1. The van der Waals surface area contributed by atoms with Crippen LogP contribution in [0.4, 0.5) is 0 Å². The molecule has 0 radical (unpaired) electrons. The molecule has 4 nitrogen and oxygen atoms in total. The Bertz CT molecular complexity index is 208. The predicted molar refractivity (Wildman–Crippen MR) is 59.6 cm³/mol. The van der Waals surface area contributed by atoms with Crippen LogP contribution in [-0.4, -0.2) is 62.3 Å². The molecule has 0 spiro atoms. The van der Waals surface area contributed by atoms with E-state index in [2.05, 4.69) is 29.8 Å². The van der Waals surface area contributed by atoms with Gasteiger partial charge in [0.2, 0.25) is 0 Å². The van der Waals surface area contributed by atoms with E-state index in [9.17, 15) is 0 Å². The number of hydrogen-bond acceptors (Lipinski definition) is 4. The van der Waals surface area contributed by atoms with E-state index >= 15 is 0 Å². The zero-order valence-electron chi connectivity index (χ0n) is 9.78. The van der Waals surface area contributed by atoms with E-state index in [1.165, 1.54) is 0 Å². The fourth-order valence-corrected chi connectivity index (χ4v) is 1.63. The highest BCUT2D eigenvalue weighted by Crippen LogP contribution is 2.01. The number of nitriles is 1. The molecule has 1 heterocycles. The molecule has 1 aliphatic heterocycles. The number of nitrogens with zero attached hydrogens (tertiary/aromatic N) is 3. The van der Waals surface area contributed by atoms with Gasteiger partial charge in [-0.3, -0.25) is 4.90 Å². The average molecular weight is 211 g/mol. The summed E-state index contributed by atoms with van der Waals surface area (Å²) >= 11 is 0. The Hall–Kier alpha value is -0.630. The zero-order valence-corrected chi connectivity index (χ0v) is 9.78. The Morgan fingerprint density at radius 3 is 2.73 bits per heavy atom. The molecule has 86 valence electrons. The van der Waals surface area contributed by atoms with Crippen molar-refractivity contribution >= 4 is 0 Å². The van der Waals surface area contributed by atoms with Gasteiger partial charge in [0, 0.05) is 32.2 Å². The summed E-state index contributed by atoms with van der Waals surface area (Å²) in [6, 6.07) is 2.57. The van der Waals surface area contributed by atoms with Crippen molar-refractivity contribution in [3.63, 3.8) is 0 Å². The second kappa shape index (κ2) is 6.78. The van der Waals surface area contributed by atoms with Gasteiger partial charge in [0.05, 0.1) is 25.7 Å². The molecule has 1 aliphatic rings. The van der Waals surface area contributed by atoms with Crippen LogP contribution in [0.1, 0.15) is 13.3 Å². The highest BCUT2D eigenvalue weighted by molar-refractivity contribution is 4.78. The van der Waals surface area contributed by atoms with Gasteiger partial charge in [0.1, 0.15) is 0 Å². The summed E-state index contributed by atoms with van der Waals surface area (Å²) in [4.78, 5) is 4.66. The molecular formula is C11H21N3O. The second-order valence-electron chi connectivity index (χ2n) is 4.15. The van der Waals surface area contributed by atoms with Crippen LogP contribution < -0.4 is 0 Å². The molecule has 4 heteroatoms. The first-order valence-corrected chi connectivity index (χ1v) is 5.61. The first kappa shape index (κ1) is 12.4. The van der Waals surface area contributed by atoms with E-state index in [1.807, 2.05) is 0 Å². The van der Waals surface area contributed by atoms with E-state index in [-0.39, 0.29) is 0 Å². The summed E-state index contributed by atoms with van der Waals surface area (Å²) in [5, 5.41) is 8.60. The SMILES string of the molecule is CC(CC#N)N(C)CCN1CCOCC1. The van der Waals surface area contributed by atoms with E-state index in [4.69, 9.17) is 10.00 Å². The third-order valence-corrected chi connectivity index (χ3v) is 3.01. The first-order chi connectivity index (χ1) is 7.24. The van der Waals surface area contributed by atoms with Crippen molar-refractivity contribution in [1.29, 1.82) is 5.26 Å². The Kier molecular flexibility index (Phi) is 5.62.